The highest BCUT2D eigenvalue weighted by molar-refractivity contribution is 6.15. The molecule has 0 aromatic heterocycles. The molecule has 0 N–H and O–H groups in total. The molecule has 128 valence electrons. The maximum absolute atomic E-state index is 12.7. The molecule has 2 aromatic rings. The van der Waals surface area contributed by atoms with E-state index >= 15 is 0 Å². The van der Waals surface area contributed by atoms with E-state index in [9.17, 15) is 4.79 Å². The fourth-order valence-corrected chi connectivity index (χ4v) is 3.34. The number of nitrogens with zero attached hydrogens (tertiary/aromatic N) is 1. The first kappa shape index (κ1) is 15.9. The molecule has 4 heteroatoms. The second kappa shape index (κ2) is 6.37. The van der Waals surface area contributed by atoms with Gasteiger partial charge in [-0.2, -0.15) is 0 Å². The minimum Gasteiger partial charge on any atom is -0.478 e. The van der Waals surface area contributed by atoms with Crippen LogP contribution in [0.25, 0.3) is 6.08 Å². The molecule has 2 aromatic carbocycles. The zero-order valence-electron chi connectivity index (χ0n) is 14.5. The smallest absolute Gasteiger partial charge is 0.231 e. The number of Topliss-reactive ketones (excluding diaryl/α,β-unsaturated/α-hetero) is 1. The third kappa shape index (κ3) is 3.05. The van der Waals surface area contributed by atoms with Crippen LogP contribution in [0.4, 0.5) is 0 Å². The fourth-order valence-electron chi connectivity index (χ4n) is 3.34. The van der Waals surface area contributed by atoms with Crippen LogP contribution in [0.1, 0.15) is 35.3 Å². The summed E-state index contributed by atoms with van der Waals surface area (Å²) in [6.07, 6.45) is 1.80. The molecule has 2 aliphatic heterocycles. The maximum atomic E-state index is 12.7. The lowest BCUT2D eigenvalue weighted by molar-refractivity contribution is 0.0832. The van der Waals surface area contributed by atoms with E-state index in [1.54, 1.807) is 12.1 Å². The molecule has 0 atom stereocenters. The Labute approximate surface area is 147 Å². The van der Waals surface area contributed by atoms with E-state index in [2.05, 4.69) is 18.7 Å². The summed E-state index contributed by atoms with van der Waals surface area (Å²) in [5.41, 5.74) is 2.54. The van der Waals surface area contributed by atoms with E-state index in [1.165, 1.54) is 0 Å². The van der Waals surface area contributed by atoms with E-state index in [0.717, 1.165) is 30.0 Å². The Kier molecular flexibility index (Phi) is 4.06. The molecule has 0 fully saturated rings. The van der Waals surface area contributed by atoms with Gasteiger partial charge in [0.25, 0.3) is 0 Å². The van der Waals surface area contributed by atoms with Crippen LogP contribution in [-0.4, -0.2) is 24.0 Å². The van der Waals surface area contributed by atoms with Gasteiger partial charge >= 0.3 is 0 Å². The Morgan fingerprint density at radius 1 is 1.16 bits per heavy atom. The van der Waals surface area contributed by atoms with E-state index in [4.69, 9.17) is 9.47 Å². The van der Waals surface area contributed by atoms with Gasteiger partial charge in [-0.3, -0.25) is 9.69 Å². The molecule has 4 rings (SSSR count). The van der Waals surface area contributed by atoms with Gasteiger partial charge < -0.3 is 9.47 Å². The average molecular weight is 335 g/mol. The van der Waals surface area contributed by atoms with Crippen LogP contribution >= 0.6 is 0 Å². The molecule has 0 amide bonds. The highest BCUT2D eigenvalue weighted by atomic mass is 16.5. The zero-order valence-corrected chi connectivity index (χ0v) is 14.5. The molecule has 0 bridgehead atoms. The standard InChI is InChI=1S/C21H21NO3/c1-14(2)11-22-12-17-18(24-13-22)9-8-16-20(23)19(25-21(16)17)10-15-6-4-3-5-7-15/h3-10,14H,11-13H2,1-2H3/b19-10-. The van der Waals surface area contributed by atoms with Crippen molar-refractivity contribution < 1.29 is 14.3 Å². The normalized spacial score (nSPS) is 18.0. The van der Waals surface area contributed by atoms with Gasteiger partial charge in [-0.25, -0.2) is 0 Å². The van der Waals surface area contributed by atoms with Gasteiger partial charge in [0.1, 0.15) is 18.2 Å². The number of ketones is 1. The van der Waals surface area contributed by atoms with E-state index in [-0.39, 0.29) is 5.78 Å². The highest BCUT2D eigenvalue weighted by Crippen LogP contribution is 2.42. The van der Waals surface area contributed by atoms with Crippen molar-refractivity contribution in [3.05, 3.63) is 64.9 Å². The van der Waals surface area contributed by atoms with E-state index < -0.39 is 0 Å². The van der Waals surface area contributed by atoms with Crippen LogP contribution in [0, 0.1) is 5.92 Å². The number of carbonyl (C=O) groups excluding carboxylic acids is 1. The van der Waals surface area contributed by atoms with Gasteiger partial charge in [0.05, 0.1) is 11.1 Å². The van der Waals surface area contributed by atoms with Gasteiger partial charge in [-0.15, -0.1) is 0 Å². The fraction of sp³-hybridized carbons (Fsp3) is 0.286. The Bertz CT molecular complexity index is 840. The van der Waals surface area contributed by atoms with Crippen LogP contribution < -0.4 is 9.47 Å². The highest BCUT2D eigenvalue weighted by Gasteiger charge is 2.33. The Balaban J connectivity index is 1.67. The van der Waals surface area contributed by atoms with Crippen LogP contribution in [0.3, 0.4) is 0 Å². The van der Waals surface area contributed by atoms with Crippen LogP contribution in [0.15, 0.2) is 48.2 Å². The number of allylic oxidation sites excluding steroid dienone is 1. The van der Waals surface area contributed by atoms with Crippen molar-refractivity contribution in [1.29, 1.82) is 0 Å². The summed E-state index contributed by atoms with van der Waals surface area (Å²) < 4.78 is 11.8. The average Bonchev–Trinajstić information content (AvgIpc) is 2.92. The summed E-state index contributed by atoms with van der Waals surface area (Å²) in [4.78, 5) is 14.9. The first-order valence-electron chi connectivity index (χ1n) is 8.62. The predicted octanol–water partition coefficient (Wildman–Crippen LogP) is 4.11. The van der Waals surface area contributed by atoms with Crippen molar-refractivity contribution in [2.24, 2.45) is 5.92 Å². The molecular formula is C21H21NO3. The molecule has 2 heterocycles. The van der Waals surface area contributed by atoms with Crippen molar-refractivity contribution in [2.45, 2.75) is 20.4 Å². The van der Waals surface area contributed by atoms with Crippen molar-refractivity contribution in [1.82, 2.24) is 4.90 Å². The Morgan fingerprint density at radius 2 is 1.96 bits per heavy atom. The number of benzene rings is 2. The molecular weight excluding hydrogens is 314 g/mol. The number of rotatable bonds is 3. The van der Waals surface area contributed by atoms with Gasteiger partial charge in [-0.1, -0.05) is 44.2 Å². The first-order chi connectivity index (χ1) is 12.1. The largest absolute Gasteiger partial charge is 0.478 e. The molecule has 0 aliphatic carbocycles. The molecule has 0 unspecified atom stereocenters. The Hall–Kier alpha value is -2.59. The summed E-state index contributed by atoms with van der Waals surface area (Å²) in [6.45, 7) is 6.63. The number of hydrogen-bond acceptors (Lipinski definition) is 4. The summed E-state index contributed by atoms with van der Waals surface area (Å²) >= 11 is 0. The Morgan fingerprint density at radius 3 is 2.72 bits per heavy atom. The molecule has 25 heavy (non-hydrogen) atoms. The van der Waals surface area contributed by atoms with Crippen molar-refractivity contribution in [3.63, 3.8) is 0 Å². The first-order valence-corrected chi connectivity index (χ1v) is 8.62. The van der Waals surface area contributed by atoms with Crippen LogP contribution in [-0.2, 0) is 6.54 Å². The molecule has 4 nitrogen and oxygen atoms in total. The topological polar surface area (TPSA) is 38.8 Å². The molecule has 0 radical (unpaired) electrons. The molecule has 0 spiro atoms. The van der Waals surface area contributed by atoms with E-state index in [0.29, 0.717) is 29.7 Å². The van der Waals surface area contributed by atoms with Gasteiger partial charge in [0, 0.05) is 13.1 Å². The lowest BCUT2D eigenvalue weighted by Crippen LogP contribution is -2.34. The lowest BCUT2D eigenvalue weighted by Gasteiger charge is -2.30. The molecule has 0 saturated heterocycles. The minimum absolute atomic E-state index is 0.0670. The number of fused-ring (bicyclic) bond motifs is 3. The van der Waals surface area contributed by atoms with Gasteiger partial charge in [0.2, 0.25) is 5.78 Å². The third-order valence-electron chi connectivity index (χ3n) is 4.40. The molecule has 0 saturated carbocycles. The predicted molar refractivity (Wildman–Crippen MR) is 96.6 cm³/mol. The molecule has 2 aliphatic rings. The van der Waals surface area contributed by atoms with Crippen molar-refractivity contribution in [2.75, 3.05) is 13.3 Å². The van der Waals surface area contributed by atoms with Crippen LogP contribution in [0.5, 0.6) is 11.5 Å². The van der Waals surface area contributed by atoms with Crippen LogP contribution in [0.2, 0.25) is 0 Å². The maximum Gasteiger partial charge on any atom is 0.231 e. The quantitative estimate of drug-likeness (QED) is 0.791. The third-order valence-corrected chi connectivity index (χ3v) is 4.40. The van der Waals surface area contributed by atoms with Crippen molar-refractivity contribution in [3.8, 4) is 11.5 Å². The minimum atomic E-state index is -0.0670. The second-order valence-corrected chi connectivity index (χ2v) is 6.95. The SMILES string of the molecule is CC(C)CN1COc2ccc3c(c2C1)O/C(=C\c1ccccc1)C3=O. The summed E-state index contributed by atoms with van der Waals surface area (Å²) in [5, 5.41) is 0. The number of carbonyl (C=O) groups is 1. The number of hydrogen-bond donors (Lipinski definition) is 0. The summed E-state index contributed by atoms with van der Waals surface area (Å²) in [7, 11) is 0. The van der Waals surface area contributed by atoms with Crippen molar-refractivity contribution >= 4 is 11.9 Å². The lowest BCUT2D eigenvalue weighted by atomic mass is 10.0. The monoisotopic (exact) mass is 335 g/mol. The van der Waals surface area contributed by atoms with E-state index in [1.807, 2.05) is 36.4 Å². The second-order valence-electron chi connectivity index (χ2n) is 6.95. The summed E-state index contributed by atoms with van der Waals surface area (Å²) in [5.74, 6) is 2.32. The summed E-state index contributed by atoms with van der Waals surface area (Å²) in [6, 6.07) is 13.4. The van der Waals surface area contributed by atoms with Gasteiger partial charge in [0.15, 0.2) is 5.76 Å². The number of ether oxygens (including phenoxy) is 2. The van der Waals surface area contributed by atoms with Gasteiger partial charge in [-0.05, 0) is 29.7 Å². The zero-order chi connectivity index (χ0) is 17.4.